The number of benzene rings is 2. The third-order valence-electron chi connectivity index (χ3n) is 6.80. The van der Waals surface area contributed by atoms with Crippen molar-refractivity contribution in [3.8, 4) is 0 Å². The molecule has 1 nitrogen and oxygen atoms in total. The Kier molecular flexibility index (Phi) is 7.58. The summed E-state index contributed by atoms with van der Waals surface area (Å²) in [6, 6.07) is 23.1. The van der Waals surface area contributed by atoms with Crippen LogP contribution in [-0.2, 0) is 0 Å². The lowest BCUT2D eigenvalue weighted by atomic mass is 9.75. The van der Waals surface area contributed by atoms with Gasteiger partial charge in [-0.25, -0.2) is 0 Å². The van der Waals surface area contributed by atoms with Crippen LogP contribution in [0.25, 0.3) is 0 Å². The maximum absolute atomic E-state index is 3.19. The Hall–Kier alpha value is -0.740. The molecule has 0 bridgehead atoms. The first-order valence-electron chi connectivity index (χ1n) is 11.3. The molecule has 4 rings (SSSR count). The van der Waals surface area contributed by atoms with E-state index in [1.54, 1.807) is 0 Å². The van der Waals surface area contributed by atoms with Crippen molar-refractivity contribution in [2.75, 3.05) is 0 Å². The molecule has 0 heterocycles. The Bertz CT molecular complexity index is 660. The van der Waals surface area contributed by atoms with E-state index in [-0.39, 0.29) is 0 Å². The fraction of sp³-hybridized carbons (Fsp3) is 0.520. The van der Waals surface area contributed by atoms with E-state index in [1.807, 2.05) is 0 Å². The van der Waals surface area contributed by atoms with Crippen molar-refractivity contribution >= 4 is 28.1 Å². The van der Waals surface area contributed by atoms with E-state index in [1.165, 1.54) is 74.8 Å². The van der Waals surface area contributed by atoms with Gasteiger partial charge in [0.1, 0.15) is 0 Å². The van der Waals surface area contributed by atoms with E-state index in [2.05, 4.69) is 74.5 Å². The van der Waals surface area contributed by atoms with E-state index in [0.29, 0.717) is 6.04 Å². The monoisotopic (exact) mass is 411 g/mol. The summed E-state index contributed by atoms with van der Waals surface area (Å²) in [6.45, 7) is 0. The van der Waals surface area contributed by atoms with Gasteiger partial charge in [-0.1, -0.05) is 115 Å². The molecule has 0 amide bonds. The summed E-state index contributed by atoms with van der Waals surface area (Å²) < 4.78 is 2.71. The summed E-state index contributed by atoms with van der Waals surface area (Å²) in [5.74, 6) is 1.85. The summed E-state index contributed by atoms with van der Waals surface area (Å²) in [5, 5.41) is 2.95. The highest BCUT2D eigenvalue weighted by atomic mass is 31.2. The molecule has 28 heavy (non-hydrogen) atoms. The normalized spacial score (nSPS) is 24.0. The SMILES string of the molecule is PN([C@@H]1CCCC[C@H]1CC1CCCCC1)P(c1ccccc1)c1ccccc1. The van der Waals surface area contributed by atoms with Crippen LogP contribution in [0.1, 0.15) is 64.2 Å². The standard InChI is InChI=1S/C25H35NP2/c27-26(25-19-11-10-14-22(25)20-21-12-4-1-5-13-21)28(23-15-6-2-7-16-23)24-17-8-3-9-18-24/h2-3,6-9,15-18,21-22,25H,1,4-5,10-14,19-20,27H2/t22-,25+/m0/s1. The first-order chi connectivity index (χ1) is 13.8. The molecule has 0 radical (unpaired) electrons. The summed E-state index contributed by atoms with van der Waals surface area (Å²) in [4.78, 5) is 0. The van der Waals surface area contributed by atoms with Crippen LogP contribution in [0.2, 0.25) is 0 Å². The van der Waals surface area contributed by atoms with Crippen molar-refractivity contribution < 1.29 is 0 Å². The van der Waals surface area contributed by atoms with Gasteiger partial charge < -0.3 is 0 Å². The van der Waals surface area contributed by atoms with Crippen molar-refractivity contribution in [2.24, 2.45) is 11.8 Å². The lowest BCUT2D eigenvalue weighted by Gasteiger charge is -2.43. The summed E-state index contributed by atoms with van der Waals surface area (Å²) in [7, 11) is 2.70. The number of nitrogens with zero attached hydrogens (tertiary/aromatic N) is 1. The molecule has 1 unspecified atom stereocenters. The van der Waals surface area contributed by atoms with Crippen molar-refractivity contribution in [2.45, 2.75) is 70.3 Å². The van der Waals surface area contributed by atoms with E-state index < -0.39 is 8.07 Å². The largest absolute Gasteiger partial charge is 0.255 e. The molecule has 0 saturated heterocycles. The minimum atomic E-state index is -0.488. The molecule has 2 aliphatic carbocycles. The molecule has 0 aliphatic heterocycles. The van der Waals surface area contributed by atoms with Crippen molar-refractivity contribution in [1.29, 1.82) is 0 Å². The van der Waals surface area contributed by atoms with Gasteiger partial charge in [-0.3, -0.25) is 4.44 Å². The van der Waals surface area contributed by atoms with Gasteiger partial charge >= 0.3 is 0 Å². The van der Waals surface area contributed by atoms with Crippen LogP contribution in [-0.4, -0.2) is 10.5 Å². The van der Waals surface area contributed by atoms with Gasteiger partial charge in [0.15, 0.2) is 0 Å². The van der Waals surface area contributed by atoms with Gasteiger partial charge in [0.25, 0.3) is 0 Å². The molecule has 2 aromatic carbocycles. The molecular weight excluding hydrogens is 376 g/mol. The van der Waals surface area contributed by atoms with Crippen molar-refractivity contribution in [3.05, 3.63) is 60.7 Å². The Morgan fingerprint density at radius 2 is 1.25 bits per heavy atom. The second kappa shape index (κ2) is 10.3. The molecule has 0 N–H and O–H groups in total. The maximum Gasteiger partial charge on any atom is 0.0316 e. The third-order valence-corrected chi connectivity index (χ3v) is 10.2. The summed E-state index contributed by atoms with van der Waals surface area (Å²) in [6.07, 6.45) is 14.4. The minimum absolute atomic E-state index is 0.488. The van der Waals surface area contributed by atoms with Gasteiger partial charge in [0.05, 0.1) is 0 Å². The molecule has 2 fully saturated rings. The zero-order valence-electron chi connectivity index (χ0n) is 17.0. The van der Waals surface area contributed by atoms with Crippen LogP contribution < -0.4 is 10.6 Å². The predicted octanol–water partition coefficient (Wildman–Crippen LogP) is 6.66. The lowest BCUT2D eigenvalue weighted by molar-refractivity contribution is 0.186. The van der Waals surface area contributed by atoms with Crippen LogP contribution in [0.5, 0.6) is 0 Å². The molecule has 2 saturated carbocycles. The van der Waals surface area contributed by atoms with Crippen LogP contribution in [0, 0.1) is 11.8 Å². The predicted molar refractivity (Wildman–Crippen MR) is 128 cm³/mol. The van der Waals surface area contributed by atoms with Gasteiger partial charge in [-0.05, 0) is 41.7 Å². The van der Waals surface area contributed by atoms with E-state index in [9.17, 15) is 0 Å². The average molecular weight is 412 g/mol. The Morgan fingerprint density at radius 1 is 0.714 bits per heavy atom. The number of hydrogen-bond acceptors (Lipinski definition) is 1. The molecule has 2 aliphatic rings. The van der Waals surface area contributed by atoms with Crippen LogP contribution in [0.15, 0.2) is 60.7 Å². The van der Waals surface area contributed by atoms with Gasteiger partial charge in [-0.2, -0.15) is 0 Å². The first-order valence-corrected chi connectivity index (χ1v) is 13.1. The van der Waals surface area contributed by atoms with E-state index >= 15 is 0 Å². The average Bonchev–Trinajstić information content (AvgIpc) is 2.76. The van der Waals surface area contributed by atoms with E-state index in [4.69, 9.17) is 0 Å². The zero-order valence-corrected chi connectivity index (χ0v) is 19.1. The Labute approximate surface area is 175 Å². The zero-order chi connectivity index (χ0) is 19.2. The highest BCUT2D eigenvalue weighted by molar-refractivity contribution is 7.74. The van der Waals surface area contributed by atoms with Gasteiger partial charge in [0, 0.05) is 14.1 Å². The highest BCUT2D eigenvalue weighted by Gasteiger charge is 2.34. The topological polar surface area (TPSA) is 3.24 Å². The summed E-state index contributed by atoms with van der Waals surface area (Å²) in [5.41, 5.74) is 0. The molecular formula is C25H35NP2. The molecule has 3 atom stereocenters. The van der Waals surface area contributed by atoms with Crippen LogP contribution in [0.4, 0.5) is 0 Å². The number of hydrogen-bond donors (Lipinski definition) is 0. The first kappa shape index (κ1) is 20.5. The van der Waals surface area contributed by atoms with Gasteiger partial charge in [-0.15, -0.1) is 0 Å². The van der Waals surface area contributed by atoms with E-state index in [0.717, 1.165) is 11.8 Å². The highest BCUT2D eigenvalue weighted by Crippen LogP contribution is 2.49. The molecule has 2 aromatic rings. The van der Waals surface area contributed by atoms with Crippen molar-refractivity contribution in [1.82, 2.24) is 4.44 Å². The summed E-state index contributed by atoms with van der Waals surface area (Å²) >= 11 is 0. The smallest absolute Gasteiger partial charge is 0.0316 e. The second-order valence-electron chi connectivity index (χ2n) is 8.71. The van der Waals surface area contributed by atoms with Crippen LogP contribution in [0.3, 0.4) is 0 Å². The molecule has 0 spiro atoms. The second-order valence-corrected chi connectivity index (χ2v) is 11.8. The fourth-order valence-corrected chi connectivity index (χ4v) is 8.90. The minimum Gasteiger partial charge on any atom is -0.255 e. The van der Waals surface area contributed by atoms with Gasteiger partial charge in [0.2, 0.25) is 0 Å². The maximum atomic E-state index is 3.19. The van der Waals surface area contributed by atoms with Crippen LogP contribution >= 0.6 is 17.5 Å². The molecule has 150 valence electrons. The fourth-order valence-electron chi connectivity index (χ4n) is 5.36. The Morgan fingerprint density at radius 3 is 1.86 bits per heavy atom. The number of rotatable bonds is 6. The van der Waals surface area contributed by atoms with Crippen molar-refractivity contribution in [3.63, 3.8) is 0 Å². The third kappa shape index (κ3) is 5.05. The Balaban J connectivity index is 1.58. The molecule has 0 aromatic heterocycles. The lowest BCUT2D eigenvalue weighted by Crippen LogP contribution is -2.38. The molecule has 3 heteroatoms. The quantitative estimate of drug-likeness (QED) is 0.481.